The summed E-state index contributed by atoms with van der Waals surface area (Å²) in [4.78, 5) is 4.41. The largest absolute Gasteiger partial charge is 0.493 e. The fourth-order valence-electron chi connectivity index (χ4n) is 1.59. The molecule has 0 radical (unpaired) electrons. The maximum Gasteiger partial charge on any atom is 0.162 e. The molecular weight excluding hydrogens is 178 g/mol. The van der Waals surface area contributed by atoms with E-state index in [9.17, 15) is 0 Å². The van der Waals surface area contributed by atoms with E-state index in [1.165, 1.54) is 0 Å². The van der Waals surface area contributed by atoms with E-state index in [4.69, 9.17) is 9.47 Å². The van der Waals surface area contributed by atoms with Gasteiger partial charge in [-0.2, -0.15) is 0 Å². The third-order valence-corrected chi connectivity index (χ3v) is 2.31. The van der Waals surface area contributed by atoms with Crippen molar-refractivity contribution in [2.24, 2.45) is 4.99 Å². The highest BCUT2D eigenvalue weighted by molar-refractivity contribution is 5.42. The molecule has 14 heavy (non-hydrogen) atoms. The minimum Gasteiger partial charge on any atom is -0.493 e. The second-order valence-corrected chi connectivity index (χ2v) is 3.14. The van der Waals surface area contributed by atoms with Gasteiger partial charge in [-0.25, -0.2) is 0 Å². The Morgan fingerprint density at radius 2 is 1.86 bits per heavy atom. The maximum atomic E-state index is 5.22. The molecule has 74 valence electrons. The van der Waals surface area contributed by atoms with Gasteiger partial charge in [-0.15, -0.1) is 0 Å². The minimum atomic E-state index is 0.741. The zero-order chi connectivity index (χ0) is 9.97. The number of benzene rings is 1. The van der Waals surface area contributed by atoms with E-state index in [2.05, 4.69) is 11.1 Å². The first-order valence-corrected chi connectivity index (χ1v) is 4.62. The lowest BCUT2D eigenvalue weighted by Crippen LogP contribution is -2.28. The van der Waals surface area contributed by atoms with Crippen molar-refractivity contribution in [3.8, 4) is 11.5 Å². The number of rotatable bonds is 2. The van der Waals surface area contributed by atoms with Gasteiger partial charge in [0, 0.05) is 12.6 Å². The maximum absolute atomic E-state index is 5.22. The number of nitrogens with zero attached hydrogens (tertiary/aromatic N) is 1. The zero-order valence-electron chi connectivity index (χ0n) is 8.41. The Kier molecular flexibility index (Phi) is 2.39. The fraction of sp³-hybridized carbons (Fsp3) is 0.364. The van der Waals surface area contributed by atoms with E-state index in [1.807, 2.05) is 12.1 Å². The van der Waals surface area contributed by atoms with Crippen molar-refractivity contribution in [1.29, 1.82) is 0 Å². The van der Waals surface area contributed by atoms with Crippen LogP contribution in [0.3, 0.4) is 0 Å². The van der Waals surface area contributed by atoms with Crippen LogP contribution < -0.4 is 20.0 Å². The first kappa shape index (κ1) is 9.06. The third-order valence-electron chi connectivity index (χ3n) is 2.31. The van der Waals surface area contributed by atoms with Crippen molar-refractivity contribution in [3.63, 3.8) is 0 Å². The Morgan fingerprint density at radius 3 is 2.57 bits per heavy atom. The molecule has 1 heterocycles. The molecule has 0 spiro atoms. The molecule has 0 saturated carbocycles. The zero-order valence-corrected chi connectivity index (χ0v) is 8.41. The first-order valence-electron chi connectivity index (χ1n) is 4.62. The summed E-state index contributed by atoms with van der Waals surface area (Å²) in [7, 11) is 3.28. The Bertz CT molecular complexity index is 408. The van der Waals surface area contributed by atoms with Crippen LogP contribution in [0.15, 0.2) is 17.1 Å². The lowest BCUT2D eigenvalue weighted by Gasteiger charge is -2.08. The average Bonchev–Trinajstić information content (AvgIpc) is 2.27. The van der Waals surface area contributed by atoms with E-state index in [-0.39, 0.29) is 0 Å². The summed E-state index contributed by atoms with van der Waals surface area (Å²) >= 11 is 0. The molecule has 0 atom stereocenters. The molecule has 0 aromatic heterocycles. The molecule has 1 aliphatic rings. The fourth-order valence-corrected chi connectivity index (χ4v) is 1.59. The summed E-state index contributed by atoms with van der Waals surface area (Å²) in [5.41, 5.74) is 0. The van der Waals surface area contributed by atoms with Crippen LogP contribution in [0.25, 0.3) is 6.08 Å². The molecule has 2 rings (SSSR count). The van der Waals surface area contributed by atoms with Gasteiger partial charge in [0.05, 0.1) is 19.6 Å². The van der Waals surface area contributed by atoms with Crippen molar-refractivity contribution < 1.29 is 9.47 Å². The van der Waals surface area contributed by atoms with E-state index in [0.29, 0.717) is 0 Å². The number of methoxy groups -OCH3 is 2. The Labute approximate surface area is 82.7 Å². The molecule has 0 N–H and O–H groups in total. The van der Waals surface area contributed by atoms with Gasteiger partial charge in [0.25, 0.3) is 0 Å². The first-order chi connectivity index (χ1) is 6.85. The van der Waals surface area contributed by atoms with Crippen molar-refractivity contribution in [2.75, 3.05) is 20.8 Å². The molecule has 0 unspecified atom stereocenters. The van der Waals surface area contributed by atoms with Gasteiger partial charge < -0.3 is 9.47 Å². The van der Waals surface area contributed by atoms with Crippen LogP contribution in [0, 0.1) is 0 Å². The molecule has 1 aromatic rings. The van der Waals surface area contributed by atoms with Crippen molar-refractivity contribution in [2.45, 2.75) is 6.42 Å². The van der Waals surface area contributed by atoms with Crippen LogP contribution in [0.4, 0.5) is 0 Å². The predicted molar refractivity (Wildman–Crippen MR) is 54.3 cm³/mol. The molecule has 1 aromatic carbocycles. The Balaban J connectivity index is 2.68. The summed E-state index contributed by atoms with van der Waals surface area (Å²) in [5, 5.41) is 2.13. The summed E-state index contributed by atoms with van der Waals surface area (Å²) in [6.07, 6.45) is 3.17. The highest BCUT2D eigenvalue weighted by Crippen LogP contribution is 2.21. The quantitative estimate of drug-likeness (QED) is 0.682. The van der Waals surface area contributed by atoms with Gasteiger partial charge >= 0.3 is 0 Å². The van der Waals surface area contributed by atoms with Crippen LogP contribution in [0.2, 0.25) is 0 Å². The van der Waals surface area contributed by atoms with Crippen LogP contribution in [0.1, 0.15) is 6.42 Å². The van der Waals surface area contributed by atoms with E-state index >= 15 is 0 Å². The summed E-state index contributed by atoms with van der Waals surface area (Å²) < 4.78 is 10.4. The molecule has 3 nitrogen and oxygen atoms in total. The molecular formula is C11H13NO2. The number of hydrogen-bond acceptors (Lipinski definition) is 3. The van der Waals surface area contributed by atoms with Gasteiger partial charge in [-0.1, -0.05) is 6.08 Å². The molecule has 0 bridgehead atoms. The van der Waals surface area contributed by atoms with Crippen LogP contribution in [-0.2, 0) is 0 Å². The van der Waals surface area contributed by atoms with E-state index in [1.54, 1.807) is 14.2 Å². The SMILES string of the molecule is COc1cc2c(cc1OC)=NCCC=2. The lowest BCUT2D eigenvalue weighted by atomic mass is 10.2. The summed E-state index contributed by atoms with van der Waals surface area (Å²) in [6, 6.07) is 3.89. The van der Waals surface area contributed by atoms with Crippen LogP contribution in [0.5, 0.6) is 11.5 Å². The van der Waals surface area contributed by atoms with Crippen LogP contribution >= 0.6 is 0 Å². The number of hydrogen-bond donors (Lipinski definition) is 0. The topological polar surface area (TPSA) is 30.8 Å². The molecule has 0 saturated heterocycles. The highest BCUT2D eigenvalue weighted by atomic mass is 16.5. The lowest BCUT2D eigenvalue weighted by molar-refractivity contribution is 0.354. The normalized spacial score (nSPS) is 13.6. The smallest absolute Gasteiger partial charge is 0.162 e. The molecule has 0 fully saturated rings. The van der Waals surface area contributed by atoms with Gasteiger partial charge in [-0.05, 0) is 17.7 Å². The van der Waals surface area contributed by atoms with Crippen LogP contribution in [-0.4, -0.2) is 20.8 Å². The van der Waals surface area contributed by atoms with Gasteiger partial charge in [-0.3, -0.25) is 4.99 Å². The Hall–Kier alpha value is -1.51. The Morgan fingerprint density at radius 1 is 1.14 bits per heavy atom. The minimum absolute atomic E-state index is 0.741. The molecule has 1 aliphatic heterocycles. The number of fused-ring (bicyclic) bond motifs is 1. The average molecular weight is 191 g/mol. The monoisotopic (exact) mass is 191 g/mol. The number of ether oxygens (including phenoxy) is 2. The highest BCUT2D eigenvalue weighted by Gasteiger charge is 2.05. The third kappa shape index (κ3) is 1.45. The van der Waals surface area contributed by atoms with Gasteiger partial charge in [0.15, 0.2) is 11.5 Å². The predicted octanol–water partition coefficient (Wildman–Crippen LogP) is 0.508. The summed E-state index contributed by atoms with van der Waals surface area (Å²) in [6.45, 7) is 0.864. The van der Waals surface area contributed by atoms with E-state index < -0.39 is 0 Å². The second-order valence-electron chi connectivity index (χ2n) is 3.14. The summed E-state index contributed by atoms with van der Waals surface area (Å²) in [5.74, 6) is 1.50. The molecule has 0 aliphatic carbocycles. The van der Waals surface area contributed by atoms with Gasteiger partial charge in [0.2, 0.25) is 0 Å². The standard InChI is InChI=1S/C11H13NO2/c1-13-10-6-8-4-3-5-12-9(8)7-11(10)14-2/h4,6-7H,3,5H2,1-2H3. The van der Waals surface area contributed by atoms with E-state index in [0.717, 1.165) is 35.0 Å². The van der Waals surface area contributed by atoms with Crippen molar-refractivity contribution >= 4 is 6.08 Å². The van der Waals surface area contributed by atoms with Crippen molar-refractivity contribution in [3.05, 3.63) is 22.7 Å². The second kappa shape index (κ2) is 3.70. The molecule has 0 amide bonds. The molecule has 3 heteroatoms. The van der Waals surface area contributed by atoms with Crippen molar-refractivity contribution in [1.82, 2.24) is 0 Å². The van der Waals surface area contributed by atoms with Gasteiger partial charge in [0.1, 0.15) is 0 Å².